The van der Waals surface area contributed by atoms with E-state index in [1.807, 2.05) is 7.05 Å². The Kier molecular flexibility index (Phi) is 7.19. The molecule has 0 bridgehead atoms. The van der Waals surface area contributed by atoms with E-state index in [0.717, 1.165) is 12.8 Å². The quantitative estimate of drug-likeness (QED) is 0.633. The van der Waals surface area contributed by atoms with Crippen molar-refractivity contribution >= 4 is 9.84 Å². The summed E-state index contributed by atoms with van der Waals surface area (Å²) in [7, 11) is -0.898. The molecule has 0 fully saturated rings. The molecule has 0 aromatic rings. The van der Waals surface area contributed by atoms with E-state index in [1.54, 1.807) is 0 Å². The van der Waals surface area contributed by atoms with Gasteiger partial charge in [0.1, 0.15) is 9.84 Å². The normalized spacial score (nSPS) is 14.2. The molecular weight excluding hydrogens is 198 g/mol. The molecule has 0 rings (SSSR count). The van der Waals surface area contributed by atoms with Crippen molar-refractivity contribution in [1.29, 1.82) is 0 Å². The van der Waals surface area contributed by atoms with Gasteiger partial charge in [-0.15, -0.1) is 0 Å². The van der Waals surface area contributed by atoms with E-state index in [-0.39, 0.29) is 0 Å². The smallest absolute Gasteiger partial charge is 0.147 e. The molecule has 0 heterocycles. The van der Waals surface area contributed by atoms with Gasteiger partial charge in [-0.25, -0.2) is 8.42 Å². The minimum atomic E-state index is -2.80. The van der Waals surface area contributed by atoms with Crippen LogP contribution in [0.3, 0.4) is 0 Å². The van der Waals surface area contributed by atoms with E-state index in [2.05, 4.69) is 12.2 Å². The summed E-state index contributed by atoms with van der Waals surface area (Å²) in [6.07, 6.45) is 6.75. The molecule has 86 valence electrons. The van der Waals surface area contributed by atoms with E-state index < -0.39 is 9.84 Å². The standard InChI is InChI=1S/C10H23NO2S/c1-4-5-6-7-10(11-2)8-9-14(3,12)13/h10-11H,4-9H2,1-3H3. The third-order valence-electron chi connectivity index (χ3n) is 2.40. The van der Waals surface area contributed by atoms with Crippen LogP contribution in [-0.2, 0) is 9.84 Å². The Labute approximate surface area is 88.2 Å². The monoisotopic (exact) mass is 221 g/mol. The van der Waals surface area contributed by atoms with E-state index in [0.29, 0.717) is 11.8 Å². The van der Waals surface area contributed by atoms with Gasteiger partial charge < -0.3 is 5.32 Å². The van der Waals surface area contributed by atoms with Crippen molar-refractivity contribution < 1.29 is 8.42 Å². The SMILES string of the molecule is CCCCCC(CCS(C)(=O)=O)NC. The molecule has 0 saturated heterocycles. The number of sulfone groups is 1. The maximum absolute atomic E-state index is 11.0. The van der Waals surface area contributed by atoms with Crippen molar-refractivity contribution in [1.82, 2.24) is 5.32 Å². The average molecular weight is 221 g/mol. The van der Waals surface area contributed by atoms with Crippen LogP contribution in [0.2, 0.25) is 0 Å². The second-order valence-electron chi connectivity index (χ2n) is 3.90. The fraction of sp³-hybridized carbons (Fsp3) is 1.00. The molecule has 0 aromatic carbocycles. The predicted octanol–water partition coefficient (Wildman–Crippen LogP) is 1.59. The zero-order chi connectivity index (χ0) is 11.0. The molecular formula is C10H23NO2S. The molecule has 0 amide bonds. The van der Waals surface area contributed by atoms with Crippen LogP contribution in [0.1, 0.15) is 39.0 Å². The molecule has 3 nitrogen and oxygen atoms in total. The molecule has 1 unspecified atom stereocenters. The molecule has 0 aliphatic heterocycles. The van der Waals surface area contributed by atoms with Gasteiger partial charge in [0, 0.05) is 12.3 Å². The zero-order valence-electron chi connectivity index (χ0n) is 9.54. The van der Waals surface area contributed by atoms with Gasteiger partial charge in [0.2, 0.25) is 0 Å². The van der Waals surface area contributed by atoms with Crippen LogP contribution in [0.15, 0.2) is 0 Å². The molecule has 0 aliphatic rings. The molecule has 0 saturated carbocycles. The molecule has 1 N–H and O–H groups in total. The summed E-state index contributed by atoms with van der Waals surface area (Å²) in [5, 5.41) is 3.17. The van der Waals surface area contributed by atoms with E-state index in [1.165, 1.54) is 25.5 Å². The number of rotatable bonds is 8. The molecule has 14 heavy (non-hydrogen) atoms. The van der Waals surface area contributed by atoms with Gasteiger partial charge in [0.05, 0.1) is 5.75 Å². The Morgan fingerprint density at radius 3 is 2.29 bits per heavy atom. The van der Waals surface area contributed by atoms with Gasteiger partial charge in [-0.3, -0.25) is 0 Å². The maximum atomic E-state index is 11.0. The van der Waals surface area contributed by atoms with Crippen molar-refractivity contribution in [2.75, 3.05) is 19.1 Å². The van der Waals surface area contributed by atoms with E-state index in [4.69, 9.17) is 0 Å². The summed E-state index contributed by atoms with van der Waals surface area (Å²) in [4.78, 5) is 0. The summed E-state index contributed by atoms with van der Waals surface area (Å²) < 4.78 is 21.9. The first-order valence-electron chi connectivity index (χ1n) is 5.34. The van der Waals surface area contributed by atoms with Crippen LogP contribution in [0, 0.1) is 0 Å². The summed E-state index contributed by atoms with van der Waals surface area (Å²) >= 11 is 0. The van der Waals surface area contributed by atoms with Crippen LogP contribution < -0.4 is 5.32 Å². The fourth-order valence-corrected chi connectivity index (χ4v) is 2.14. The lowest BCUT2D eigenvalue weighted by Crippen LogP contribution is -2.27. The molecule has 0 radical (unpaired) electrons. The first-order valence-corrected chi connectivity index (χ1v) is 7.40. The number of hydrogen-bond acceptors (Lipinski definition) is 3. The summed E-state index contributed by atoms with van der Waals surface area (Å²) in [5.41, 5.74) is 0. The highest BCUT2D eigenvalue weighted by Crippen LogP contribution is 2.07. The Balaban J connectivity index is 3.69. The number of unbranched alkanes of at least 4 members (excludes halogenated alkanes) is 2. The summed E-state index contributed by atoms with van der Waals surface area (Å²) in [6, 6.07) is 0.358. The number of nitrogens with one attached hydrogen (secondary N) is 1. The molecule has 0 aliphatic carbocycles. The first kappa shape index (κ1) is 13.9. The molecule has 0 spiro atoms. The average Bonchev–Trinajstić information content (AvgIpc) is 2.09. The second kappa shape index (κ2) is 7.23. The van der Waals surface area contributed by atoms with Gasteiger partial charge >= 0.3 is 0 Å². The summed E-state index contributed by atoms with van der Waals surface area (Å²) in [5.74, 6) is 0.296. The topological polar surface area (TPSA) is 46.2 Å². The molecule has 4 heteroatoms. The highest BCUT2D eigenvalue weighted by Gasteiger charge is 2.09. The van der Waals surface area contributed by atoms with Crippen molar-refractivity contribution in [3.05, 3.63) is 0 Å². The third kappa shape index (κ3) is 8.51. The largest absolute Gasteiger partial charge is 0.317 e. The van der Waals surface area contributed by atoms with Crippen LogP contribution in [0.4, 0.5) is 0 Å². The Bertz CT molecular complexity index is 224. The fourth-order valence-electron chi connectivity index (χ4n) is 1.43. The first-order chi connectivity index (χ1) is 6.49. The van der Waals surface area contributed by atoms with Gasteiger partial charge in [-0.2, -0.15) is 0 Å². The van der Waals surface area contributed by atoms with Gasteiger partial charge in [-0.05, 0) is 19.9 Å². The number of hydrogen-bond donors (Lipinski definition) is 1. The van der Waals surface area contributed by atoms with Crippen molar-refractivity contribution in [2.24, 2.45) is 0 Å². The van der Waals surface area contributed by atoms with Gasteiger partial charge in [0.15, 0.2) is 0 Å². The molecule has 1 atom stereocenters. The lowest BCUT2D eigenvalue weighted by molar-refractivity contribution is 0.478. The predicted molar refractivity (Wildman–Crippen MR) is 61.3 cm³/mol. The van der Waals surface area contributed by atoms with Crippen LogP contribution in [0.25, 0.3) is 0 Å². The maximum Gasteiger partial charge on any atom is 0.147 e. The highest BCUT2D eigenvalue weighted by atomic mass is 32.2. The highest BCUT2D eigenvalue weighted by molar-refractivity contribution is 7.90. The molecule has 0 aromatic heterocycles. The minimum absolute atomic E-state index is 0.296. The van der Waals surface area contributed by atoms with Crippen molar-refractivity contribution in [2.45, 2.75) is 45.1 Å². The van der Waals surface area contributed by atoms with Crippen LogP contribution in [-0.4, -0.2) is 33.5 Å². The van der Waals surface area contributed by atoms with E-state index in [9.17, 15) is 8.42 Å². The van der Waals surface area contributed by atoms with E-state index >= 15 is 0 Å². The Morgan fingerprint density at radius 2 is 1.86 bits per heavy atom. The lowest BCUT2D eigenvalue weighted by atomic mass is 10.1. The van der Waals surface area contributed by atoms with Crippen LogP contribution in [0.5, 0.6) is 0 Å². The van der Waals surface area contributed by atoms with Crippen molar-refractivity contribution in [3.63, 3.8) is 0 Å². The lowest BCUT2D eigenvalue weighted by Gasteiger charge is -2.14. The summed E-state index contributed by atoms with van der Waals surface area (Å²) in [6.45, 7) is 2.17. The zero-order valence-corrected chi connectivity index (χ0v) is 10.4. The second-order valence-corrected chi connectivity index (χ2v) is 6.16. The minimum Gasteiger partial charge on any atom is -0.317 e. The van der Waals surface area contributed by atoms with Gasteiger partial charge in [-0.1, -0.05) is 26.2 Å². The van der Waals surface area contributed by atoms with Crippen LogP contribution >= 0.6 is 0 Å². The Morgan fingerprint density at radius 1 is 1.21 bits per heavy atom. The Hall–Kier alpha value is -0.0900. The third-order valence-corrected chi connectivity index (χ3v) is 3.38. The van der Waals surface area contributed by atoms with Crippen molar-refractivity contribution in [3.8, 4) is 0 Å². The van der Waals surface area contributed by atoms with Gasteiger partial charge in [0.25, 0.3) is 0 Å².